The van der Waals surface area contributed by atoms with Crippen molar-refractivity contribution >= 4 is 15.1 Å². The molecule has 3 nitrogen and oxygen atoms in total. The fourth-order valence-corrected chi connectivity index (χ4v) is 1.50. The SMILES string of the molecule is CCc1ccc(N(P)N[C@@H](C)C(F)(F)F)cn1. The van der Waals surface area contributed by atoms with Crippen LogP contribution in [-0.4, -0.2) is 17.2 Å². The molecule has 7 heteroatoms. The number of rotatable bonds is 4. The van der Waals surface area contributed by atoms with Gasteiger partial charge in [-0.15, -0.1) is 0 Å². The number of aryl methyl sites for hydroxylation is 1. The summed E-state index contributed by atoms with van der Waals surface area (Å²) >= 11 is 0. The highest BCUT2D eigenvalue weighted by molar-refractivity contribution is 7.18. The van der Waals surface area contributed by atoms with Crippen molar-refractivity contribution in [2.45, 2.75) is 32.5 Å². The van der Waals surface area contributed by atoms with E-state index in [-0.39, 0.29) is 0 Å². The number of halogens is 3. The monoisotopic (exact) mass is 265 g/mol. The summed E-state index contributed by atoms with van der Waals surface area (Å²) in [6.45, 7) is 3.02. The minimum atomic E-state index is -4.27. The van der Waals surface area contributed by atoms with Crippen molar-refractivity contribution in [3.63, 3.8) is 0 Å². The van der Waals surface area contributed by atoms with Crippen LogP contribution in [0.5, 0.6) is 0 Å². The van der Waals surface area contributed by atoms with Crippen LogP contribution in [0.15, 0.2) is 18.3 Å². The summed E-state index contributed by atoms with van der Waals surface area (Å²) in [7, 11) is 2.19. The van der Waals surface area contributed by atoms with E-state index in [1.807, 2.05) is 6.92 Å². The van der Waals surface area contributed by atoms with Gasteiger partial charge < -0.3 is 0 Å². The Morgan fingerprint density at radius 3 is 2.53 bits per heavy atom. The second-order valence-corrected chi connectivity index (χ2v) is 4.14. The second-order valence-electron chi connectivity index (χ2n) is 3.62. The Kier molecular flexibility index (Phi) is 4.71. The van der Waals surface area contributed by atoms with Crippen LogP contribution >= 0.6 is 9.39 Å². The predicted molar refractivity (Wildman–Crippen MR) is 64.5 cm³/mol. The molecule has 0 saturated heterocycles. The van der Waals surface area contributed by atoms with Crippen molar-refractivity contribution in [1.29, 1.82) is 0 Å². The highest BCUT2D eigenvalue weighted by Gasteiger charge is 2.36. The molecular weight excluding hydrogens is 250 g/mol. The first-order chi connectivity index (χ1) is 7.84. The summed E-state index contributed by atoms with van der Waals surface area (Å²) in [5.41, 5.74) is 3.76. The average Bonchev–Trinajstić information content (AvgIpc) is 2.27. The van der Waals surface area contributed by atoms with Crippen LogP contribution in [0.2, 0.25) is 0 Å². The van der Waals surface area contributed by atoms with Gasteiger partial charge in [0.2, 0.25) is 0 Å². The van der Waals surface area contributed by atoms with Gasteiger partial charge in [-0.2, -0.15) is 13.2 Å². The van der Waals surface area contributed by atoms with Crippen molar-refractivity contribution in [1.82, 2.24) is 10.4 Å². The van der Waals surface area contributed by atoms with Crippen molar-refractivity contribution in [2.75, 3.05) is 4.78 Å². The van der Waals surface area contributed by atoms with Gasteiger partial charge in [0.25, 0.3) is 0 Å². The fourth-order valence-electron chi connectivity index (χ4n) is 1.12. The third-order valence-electron chi connectivity index (χ3n) is 2.27. The first kappa shape index (κ1) is 14.2. The first-order valence-corrected chi connectivity index (χ1v) is 5.69. The summed E-state index contributed by atoms with van der Waals surface area (Å²) in [6, 6.07) is 1.88. The zero-order valence-electron chi connectivity index (χ0n) is 9.62. The van der Waals surface area contributed by atoms with E-state index in [1.54, 1.807) is 12.1 Å². The highest BCUT2D eigenvalue weighted by Crippen LogP contribution is 2.22. The maximum Gasteiger partial charge on any atom is 0.405 e. The number of aromatic nitrogens is 1. The molecule has 1 unspecified atom stereocenters. The van der Waals surface area contributed by atoms with Gasteiger partial charge in [-0.1, -0.05) is 6.92 Å². The Hall–Kier alpha value is -0.870. The lowest BCUT2D eigenvalue weighted by Crippen LogP contribution is -2.45. The number of anilines is 1. The molecule has 0 aliphatic heterocycles. The number of hydrogen-bond acceptors (Lipinski definition) is 3. The van der Waals surface area contributed by atoms with E-state index in [4.69, 9.17) is 0 Å². The molecule has 0 aromatic carbocycles. The Balaban J connectivity index is 2.66. The maximum atomic E-state index is 12.3. The van der Waals surface area contributed by atoms with Gasteiger partial charge in [-0.3, -0.25) is 9.76 Å². The minimum absolute atomic E-state index is 0.559. The summed E-state index contributed by atoms with van der Waals surface area (Å²) in [5.74, 6) is 0. The van der Waals surface area contributed by atoms with Crippen LogP contribution < -0.4 is 10.2 Å². The molecule has 0 fully saturated rings. The molecule has 0 amide bonds. The number of nitrogens with zero attached hydrogens (tertiary/aromatic N) is 2. The van der Waals surface area contributed by atoms with Crippen molar-refractivity contribution < 1.29 is 13.2 Å². The third-order valence-corrected chi connectivity index (χ3v) is 2.72. The lowest BCUT2D eigenvalue weighted by Gasteiger charge is -2.25. The Bertz CT molecular complexity index is 353. The van der Waals surface area contributed by atoms with Crippen molar-refractivity contribution in [2.24, 2.45) is 0 Å². The fraction of sp³-hybridized carbons (Fsp3) is 0.500. The molecular formula is C10H15F3N3P. The molecule has 0 aliphatic rings. The third kappa shape index (κ3) is 4.13. The minimum Gasteiger partial charge on any atom is -0.292 e. The summed E-state index contributed by atoms with van der Waals surface area (Å²) < 4.78 is 38.2. The highest BCUT2D eigenvalue weighted by atomic mass is 31.0. The maximum absolute atomic E-state index is 12.3. The van der Waals surface area contributed by atoms with E-state index in [1.165, 1.54) is 11.0 Å². The zero-order chi connectivity index (χ0) is 13.1. The number of hydrazine groups is 1. The molecule has 1 heterocycles. The van der Waals surface area contributed by atoms with Crippen molar-refractivity contribution in [3.8, 4) is 0 Å². The van der Waals surface area contributed by atoms with Crippen LogP contribution in [0.3, 0.4) is 0 Å². The number of hydrogen-bond donors (Lipinski definition) is 1. The smallest absolute Gasteiger partial charge is 0.292 e. The van der Waals surface area contributed by atoms with E-state index < -0.39 is 12.2 Å². The molecule has 96 valence electrons. The summed E-state index contributed by atoms with van der Waals surface area (Å²) in [4.78, 5) is 4.11. The largest absolute Gasteiger partial charge is 0.405 e. The lowest BCUT2D eigenvalue weighted by atomic mass is 10.3. The van der Waals surface area contributed by atoms with Crippen LogP contribution in [0.4, 0.5) is 18.9 Å². The Morgan fingerprint density at radius 1 is 1.47 bits per heavy atom. The quantitative estimate of drug-likeness (QED) is 0.670. The van der Waals surface area contributed by atoms with Crippen LogP contribution in [0, 0.1) is 0 Å². The normalized spacial score (nSPS) is 13.5. The molecule has 0 aliphatic carbocycles. The average molecular weight is 265 g/mol. The van der Waals surface area contributed by atoms with Gasteiger partial charge in [0.1, 0.15) is 6.04 Å². The Labute approximate surface area is 101 Å². The molecule has 1 N–H and O–H groups in total. The number of nitrogens with one attached hydrogen (secondary N) is 1. The topological polar surface area (TPSA) is 28.2 Å². The molecule has 2 atom stereocenters. The van der Waals surface area contributed by atoms with Crippen molar-refractivity contribution in [3.05, 3.63) is 24.0 Å². The second kappa shape index (κ2) is 5.65. The van der Waals surface area contributed by atoms with E-state index in [0.29, 0.717) is 5.69 Å². The molecule has 0 radical (unpaired) electrons. The molecule has 0 saturated carbocycles. The lowest BCUT2D eigenvalue weighted by molar-refractivity contribution is -0.151. The van der Waals surface area contributed by atoms with Crippen LogP contribution in [0.1, 0.15) is 19.5 Å². The molecule has 0 spiro atoms. The molecule has 0 bridgehead atoms. The Morgan fingerprint density at radius 2 is 2.12 bits per heavy atom. The van der Waals surface area contributed by atoms with E-state index in [2.05, 4.69) is 19.8 Å². The van der Waals surface area contributed by atoms with Gasteiger partial charge in [0.15, 0.2) is 0 Å². The standard InChI is InChI=1S/C10H15F3N3P/c1-3-8-4-5-9(6-14-8)16(17)15-7(2)10(11,12)13/h4-7,15H,3,17H2,1-2H3/t7-/m0/s1. The number of pyridine rings is 1. The molecule has 1 rings (SSSR count). The summed E-state index contributed by atoms with van der Waals surface area (Å²) in [6.07, 6.45) is -1.95. The van der Waals surface area contributed by atoms with E-state index in [9.17, 15) is 13.2 Å². The zero-order valence-corrected chi connectivity index (χ0v) is 10.8. The first-order valence-electron chi connectivity index (χ1n) is 5.17. The van der Waals surface area contributed by atoms with Gasteiger partial charge >= 0.3 is 6.18 Å². The molecule has 1 aromatic rings. The molecule has 1 aromatic heterocycles. The summed E-state index contributed by atoms with van der Waals surface area (Å²) in [5, 5.41) is 0. The number of alkyl halides is 3. The van der Waals surface area contributed by atoms with Gasteiger partial charge in [0.05, 0.1) is 11.9 Å². The predicted octanol–water partition coefficient (Wildman–Crippen LogP) is 2.70. The van der Waals surface area contributed by atoms with Crippen LogP contribution in [0.25, 0.3) is 0 Å². The van der Waals surface area contributed by atoms with E-state index in [0.717, 1.165) is 19.0 Å². The van der Waals surface area contributed by atoms with Gasteiger partial charge in [-0.25, -0.2) is 5.43 Å². The van der Waals surface area contributed by atoms with E-state index >= 15 is 0 Å². The molecule has 17 heavy (non-hydrogen) atoms. The van der Waals surface area contributed by atoms with Crippen LogP contribution in [-0.2, 0) is 6.42 Å². The van der Waals surface area contributed by atoms with Gasteiger partial charge in [0, 0.05) is 5.69 Å². The van der Waals surface area contributed by atoms with Gasteiger partial charge in [-0.05, 0) is 34.9 Å².